The van der Waals surface area contributed by atoms with Crippen molar-refractivity contribution in [3.05, 3.63) is 130 Å². The molecule has 29 heavy (non-hydrogen) atoms. The van der Waals surface area contributed by atoms with Crippen LogP contribution in [0.1, 0.15) is 22.3 Å². The van der Waals surface area contributed by atoms with Crippen molar-refractivity contribution >= 4 is 31.5 Å². The smallest absolute Gasteiger partial charge is 0.195 e. The van der Waals surface area contributed by atoms with E-state index in [1.807, 2.05) is 18.2 Å². The molecule has 0 aliphatic carbocycles. The van der Waals surface area contributed by atoms with E-state index < -0.39 is 0 Å². The van der Waals surface area contributed by atoms with Crippen molar-refractivity contribution in [3.8, 4) is 0 Å². The molecular formula is C27H20OS. The lowest BCUT2D eigenvalue weighted by Crippen LogP contribution is -2.02. The molecule has 5 rings (SSSR count). The van der Waals surface area contributed by atoms with Gasteiger partial charge in [0.25, 0.3) is 0 Å². The zero-order valence-corrected chi connectivity index (χ0v) is 16.8. The Balaban J connectivity index is 1.54. The van der Waals surface area contributed by atoms with Gasteiger partial charge in [0, 0.05) is 20.2 Å². The summed E-state index contributed by atoms with van der Waals surface area (Å²) in [5, 5.41) is 1.64. The Labute approximate surface area is 173 Å². The van der Waals surface area contributed by atoms with Crippen molar-refractivity contribution in [1.29, 1.82) is 0 Å². The molecule has 0 radical (unpaired) electrons. The molecule has 0 fully saturated rings. The van der Waals surface area contributed by atoms with E-state index in [1.54, 1.807) is 11.3 Å². The standard InChI is InChI=1S/C27H20OS/c28-27-23-13-11-22(16-20-9-5-2-6-10-20)18-26(23)29-25-14-12-21(17-24(25)27)15-19-7-3-1-4-8-19/h1-14,17-18H,15-16H2. The van der Waals surface area contributed by atoms with Gasteiger partial charge in [0.1, 0.15) is 0 Å². The topological polar surface area (TPSA) is 17.1 Å². The average molecular weight is 393 g/mol. The van der Waals surface area contributed by atoms with E-state index in [0.29, 0.717) is 0 Å². The summed E-state index contributed by atoms with van der Waals surface area (Å²) in [6, 6.07) is 33.4. The maximum absolute atomic E-state index is 13.2. The average Bonchev–Trinajstić information content (AvgIpc) is 2.76. The summed E-state index contributed by atoms with van der Waals surface area (Å²) in [6.07, 6.45) is 1.72. The SMILES string of the molecule is O=c1c2ccc(Cc3ccccc3)cc2sc2ccc(Cc3ccccc3)cc12. The van der Waals surface area contributed by atoms with E-state index in [-0.39, 0.29) is 5.43 Å². The van der Waals surface area contributed by atoms with Crippen LogP contribution < -0.4 is 5.43 Å². The normalized spacial score (nSPS) is 11.2. The lowest BCUT2D eigenvalue weighted by molar-refractivity contribution is 1.20. The highest BCUT2D eigenvalue weighted by Gasteiger charge is 2.08. The van der Waals surface area contributed by atoms with Gasteiger partial charge in [-0.15, -0.1) is 11.3 Å². The lowest BCUT2D eigenvalue weighted by atomic mass is 10.0. The predicted octanol–water partition coefficient (Wildman–Crippen LogP) is 6.60. The molecule has 0 N–H and O–H groups in total. The number of benzene rings is 4. The van der Waals surface area contributed by atoms with E-state index in [4.69, 9.17) is 0 Å². The van der Waals surface area contributed by atoms with Crippen LogP contribution in [0.3, 0.4) is 0 Å². The Morgan fingerprint density at radius 1 is 0.517 bits per heavy atom. The first kappa shape index (κ1) is 17.8. The second-order valence-electron chi connectivity index (χ2n) is 7.42. The van der Waals surface area contributed by atoms with Gasteiger partial charge in [-0.25, -0.2) is 0 Å². The summed E-state index contributed by atoms with van der Waals surface area (Å²) in [7, 11) is 0. The van der Waals surface area contributed by atoms with E-state index in [0.717, 1.165) is 33.0 Å². The minimum absolute atomic E-state index is 0.134. The molecule has 0 bridgehead atoms. The highest BCUT2D eigenvalue weighted by atomic mass is 32.1. The van der Waals surface area contributed by atoms with E-state index in [2.05, 4.69) is 78.9 Å². The molecule has 0 atom stereocenters. The van der Waals surface area contributed by atoms with Crippen LogP contribution in [0.2, 0.25) is 0 Å². The molecule has 0 spiro atoms. The second-order valence-corrected chi connectivity index (χ2v) is 8.50. The Morgan fingerprint density at radius 2 is 1.10 bits per heavy atom. The predicted molar refractivity (Wildman–Crippen MR) is 124 cm³/mol. The Kier molecular flexibility index (Phi) is 4.71. The largest absolute Gasteiger partial charge is 0.289 e. The maximum Gasteiger partial charge on any atom is 0.195 e. The van der Waals surface area contributed by atoms with Crippen LogP contribution in [0.15, 0.2) is 102 Å². The summed E-state index contributed by atoms with van der Waals surface area (Å²) < 4.78 is 2.11. The van der Waals surface area contributed by atoms with Crippen LogP contribution in [0, 0.1) is 0 Å². The van der Waals surface area contributed by atoms with Gasteiger partial charge in [0.15, 0.2) is 5.43 Å². The van der Waals surface area contributed by atoms with Crippen molar-refractivity contribution < 1.29 is 0 Å². The molecule has 4 aromatic carbocycles. The summed E-state index contributed by atoms with van der Waals surface area (Å²) in [5.41, 5.74) is 5.09. The quantitative estimate of drug-likeness (QED) is 0.315. The van der Waals surface area contributed by atoms with Crippen molar-refractivity contribution in [1.82, 2.24) is 0 Å². The van der Waals surface area contributed by atoms with Gasteiger partial charge in [-0.1, -0.05) is 72.8 Å². The Bertz CT molecular complexity index is 1350. The molecule has 0 amide bonds. The monoisotopic (exact) mass is 392 g/mol. The Morgan fingerprint density at radius 3 is 1.76 bits per heavy atom. The fraction of sp³-hybridized carbons (Fsp3) is 0.0741. The van der Waals surface area contributed by atoms with Gasteiger partial charge in [0.05, 0.1) is 0 Å². The van der Waals surface area contributed by atoms with Crippen LogP contribution in [-0.4, -0.2) is 0 Å². The molecule has 0 unspecified atom stereocenters. The fourth-order valence-corrected chi connectivity index (χ4v) is 4.94. The van der Waals surface area contributed by atoms with Gasteiger partial charge >= 0.3 is 0 Å². The second kappa shape index (κ2) is 7.65. The molecule has 5 aromatic rings. The van der Waals surface area contributed by atoms with Gasteiger partial charge in [-0.3, -0.25) is 4.79 Å². The van der Waals surface area contributed by atoms with Gasteiger partial charge < -0.3 is 0 Å². The molecular weight excluding hydrogens is 372 g/mol. The van der Waals surface area contributed by atoms with Gasteiger partial charge in [-0.05, 0) is 59.4 Å². The van der Waals surface area contributed by atoms with E-state index >= 15 is 0 Å². The lowest BCUT2D eigenvalue weighted by Gasteiger charge is -2.07. The summed E-state index contributed by atoms with van der Waals surface area (Å²) >= 11 is 1.71. The molecule has 0 saturated heterocycles. The van der Waals surface area contributed by atoms with Crippen LogP contribution in [0.4, 0.5) is 0 Å². The summed E-state index contributed by atoms with van der Waals surface area (Å²) in [4.78, 5) is 13.2. The van der Waals surface area contributed by atoms with Crippen molar-refractivity contribution in [2.24, 2.45) is 0 Å². The third-order valence-electron chi connectivity index (χ3n) is 5.30. The Hall–Kier alpha value is -3.23. The van der Waals surface area contributed by atoms with Crippen LogP contribution >= 0.6 is 11.3 Å². The number of rotatable bonds is 4. The van der Waals surface area contributed by atoms with Crippen LogP contribution in [0.25, 0.3) is 20.2 Å². The van der Waals surface area contributed by atoms with Crippen LogP contribution in [0.5, 0.6) is 0 Å². The first-order chi connectivity index (χ1) is 14.3. The van der Waals surface area contributed by atoms with Crippen molar-refractivity contribution in [2.75, 3.05) is 0 Å². The molecule has 1 heterocycles. The third kappa shape index (κ3) is 3.72. The van der Waals surface area contributed by atoms with E-state index in [9.17, 15) is 4.79 Å². The maximum atomic E-state index is 13.2. The van der Waals surface area contributed by atoms with Gasteiger partial charge in [0.2, 0.25) is 0 Å². The minimum Gasteiger partial charge on any atom is -0.289 e. The molecule has 0 aliphatic heterocycles. The summed E-state index contributed by atoms with van der Waals surface area (Å²) in [5.74, 6) is 0. The number of fused-ring (bicyclic) bond motifs is 2. The molecule has 0 aliphatic rings. The highest BCUT2D eigenvalue weighted by Crippen LogP contribution is 2.27. The first-order valence-electron chi connectivity index (χ1n) is 9.82. The molecule has 1 nitrogen and oxygen atoms in total. The fourth-order valence-electron chi connectivity index (χ4n) is 3.83. The molecule has 2 heteroatoms. The van der Waals surface area contributed by atoms with Crippen LogP contribution in [-0.2, 0) is 12.8 Å². The van der Waals surface area contributed by atoms with Crippen molar-refractivity contribution in [3.63, 3.8) is 0 Å². The minimum atomic E-state index is 0.134. The van der Waals surface area contributed by atoms with E-state index in [1.165, 1.54) is 22.3 Å². The third-order valence-corrected chi connectivity index (χ3v) is 6.43. The zero-order chi connectivity index (χ0) is 19.6. The summed E-state index contributed by atoms with van der Waals surface area (Å²) in [6.45, 7) is 0. The van der Waals surface area contributed by atoms with Gasteiger partial charge in [-0.2, -0.15) is 0 Å². The molecule has 0 saturated carbocycles. The number of hydrogen-bond acceptors (Lipinski definition) is 2. The molecule has 1 aromatic heterocycles. The number of hydrogen-bond donors (Lipinski definition) is 0. The zero-order valence-electron chi connectivity index (χ0n) is 16.0. The highest BCUT2D eigenvalue weighted by molar-refractivity contribution is 7.24. The molecule has 140 valence electrons. The van der Waals surface area contributed by atoms with Crippen molar-refractivity contribution in [2.45, 2.75) is 12.8 Å². The first-order valence-corrected chi connectivity index (χ1v) is 10.6.